The number of aryl methyl sites for hydroxylation is 1. The summed E-state index contributed by atoms with van der Waals surface area (Å²) in [5.74, 6) is 1.23. The third kappa shape index (κ3) is 3.72. The predicted molar refractivity (Wildman–Crippen MR) is 74.9 cm³/mol. The van der Waals surface area contributed by atoms with E-state index in [1.165, 1.54) is 34.6 Å². The van der Waals surface area contributed by atoms with Crippen LogP contribution in [0.25, 0.3) is 0 Å². The van der Waals surface area contributed by atoms with Gasteiger partial charge in [0.15, 0.2) is 0 Å². The van der Waals surface area contributed by atoms with Crippen molar-refractivity contribution in [3.05, 3.63) is 29.3 Å². The van der Waals surface area contributed by atoms with Crippen LogP contribution in [0, 0.1) is 0 Å². The van der Waals surface area contributed by atoms with Gasteiger partial charge in [0, 0.05) is 18.0 Å². The predicted octanol–water partition coefficient (Wildman–Crippen LogP) is 1.51. The van der Waals surface area contributed by atoms with Crippen molar-refractivity contribution in [1.82, 2.24) is 4.90 Å². The molecule has 1 aromatic carbocycles. The normalized spacial score (nSPS) is 16.7. The van der Waals surface area contributed by atoms with Crippen LogP contribution < -0.4 is 0 Å². The molecular formula is C14H21NO2S. The molecule has 1 aliphatic rings. The van der Waals surface area contributed by atoms with Gasteiger partial charge in [-0.1, -0.05) is 12.1 Å². The molecular weight excluding hydrogens is 246 g/mol. The first kappa shape index (κ1) is 13.9. The zero-order valence-corrected chi connectivity index (χ0v) is 11.6. The summed E-state index contributed by atoms with van der Waals surface area (Å²) in [6.07, 6.45) is 1.79. The molecule has 0 fully saturated rings. The fraction of sp³-hybridized carbons (Fsp3) is 0.571. The molecule has 18 heavy (non-hydrogen) atoms. The second-order valence-electron chi connectivity index (χ2n) is 4.93. The first-order chi connectivity index (χ1) is 8.69. The third-order valence-electron chi connectivity index (χ3n) is 3.16. The number of benzene rings is 1. The summed E-state index contributed by atoms with van der Waals surface area (Å²) in [5.41, 5.74) is 2.74. The van der Waals surface area contributed by atoms with Crippen LogP contribution in [0.2, 0.25) is 0 Å². The van der Waals surface area contributed by atoms with E-state index in [0.29, 0.717) is 6.54 Å². The largest absolute Gasteiger partial charge is 0.394 e. The molecule has 0 saturated carbocycles. The fourth-order valence-corrected chi connectivity index (χ4v) is 3.33. The molecule has 4 heteroatoms. The maximum Gasteiger partial charge on any atom is 0.0897 e. The Hall–Kier alpha value is -0.550. The SMILES string of the molecule is CN(Cc1ccc2c(c1)CCCS2)CC(O)CO. The highest BCUT2D eigenvalue weighted by molar-refractivity contribution is 7.99. The molecule has 0 radical (unpaired) electrons. The Labute approximate surface area is 113 Å². The Kier molecular flexibility index (Phi) is 5.06. The van der Waals surface area contributed by atoms with Crippen LogP contribution >= 0.6 is 11.8 Å². The van der Waals surface area contributed by atoms with E-state index >= 15 is 0 Å². The van der Waals surface area contributed by atoms with Crippen molar-refractivity contribution in [2.45, 2.75) is 30.4 Å². The smallest absolute Gasteiger partial charge is 0.0897 e. The van der Waals surface area contributed by atoms with E-state index in [9.17, 15) is 5.11 Å². The van der Waals surface area contributed by atoms with Crippen LogP contribution in [0.3, 0.4) is 0 Å². The highest BCUT2D eigenvalue weighted by atomic mass is 32.2. The van der Waals surface area contributed by atoms with Crippen molar-refractivity contribution >= 4 is 11.8 Å². The molecule has 1 unspecified atom stereocenters. The zero-order valence-electron chi connectivity index (χ0n) is 10.8. The summed E-state index contributed by atoms with van der Waals surface area (Å²) in [5, 5.41) is 18.2. The van der Waals surface area contributed by atoms with Gasteiger partial charge in [-0.25, -0.2) is 0 Å². The van der Waals surface area contributed by atoms with Crippen LogP contribution in [-0.4, -0.2) is 47.2 Å². The van der Waals surface area contributed by atoms with E-state index < -0.39 is 6.10 Å². The summed E-state index contributed by atoms with van der Waals surface area (Å²) in [7, 11) is 1.97. The lowest BCUT2D eigenvalue weighted by Gasteiger charge is -2.21. The van der Waals surface area contributed by atoms with Crippen molar-refractivity contribution in [2.24, 2.45) is 0 Å². The molecule has 0 bridgehead atoms. The first-order valence-corrected chi connectivity index (χ1v) is 7.39. The van der Waals surface area contributed by atoms with Gasteiger partial charge in [0.05, 0.1) is 12.7 Å². The number of aliphatic hydroxyl groups is 2. The number of aliphatic hydroxyl groups excluding tert-OH is 2. The molecule has 100 valence electrons. The van der Waals surface area contributed by atoms with Gasteiger partial charge >= 0.3 is 0 Å². The standard InChI is InChI=1S/C14H21NO2S/c1-15(9-13(17)10-16)8-11-4-5-14-12(7-11)3-2-6-18-14/h4-5,7,13,16-17H,2-3,6,8-10H2,1H3. The minimum absolute atomic E-state index is 0.175. The number of hydrogen-bond donors (Lipinski definition) is 2. The second kappa shape index (κ2) is 6.57. The van der Waals surface area contributed by atoms with E-state index in [-0.39, 0.29) is 6.61 Å². The second-order valence-corrected chi connectivity index (χ2v) is 6.06. The molecule has 2 N–H and O–H groups in total. The molecule has 2 rings (SSSR count). The minimum atomic E-state index is -0.650. The average molecular weight is 267 g/mol. The molecule has 1 heterocycles. The lowest BCUT2D eigenvalue weighted by atomic mass is 10.1. The highest BCUT2D eigenvalue weighted by Crippen LogP contribution is 2.30. The van der Waals surface area contributed by atoms with E-state index in [4.69, 9.17) is 5.11 Å². The Bertz CT molecular complexity index is 397. The molecule has 1 atom stereocenters. The van der Waals surface area contributed by atoms with Gasteiger partial charge < -0.3 is 10.2 Å². The van der Waals surface area contributed by atoms with Crippen molar-refractivity contribution in [2.75, 3.05) is 26.0 Å². The lowest BCUT2D eigenvalue weighted by molar-refractivity contribution is 0.0648. The molecule has 0 saturated heterocycles. The van der Waals surface area contributed by atoms with Gasteiger partial charge in [-0.15, -0.1) is 11.8 Å². The van der Waals surface area contributed by atoms with Crippen LogP contribution in [0.15, 0.2) is 23.1 Å². The van der Waals surface area contributed by atoms with Crippen molar-refractivity contribution in [3.63, 3.8) is 0 Å². The minimum Gasteiger partial charge on any atom is -0.394 e. The van der Waals surface area contributed by atoms with Gasteiger partial charge in [0.25, 0.3) is 0 Å². The first-order valence-electron chi connectivity index (χ1n) is 6.41. The molecule has 1 aromatic rings. The molecule has 0 aliphatic carbocycles. The monoisotopic (exact) mass is 267 g/mol. The van der Waals surface area contributed by atoms with Crippen LogP contribution in [0.4, 0.5) is 0 Å². The summed E-state index contributed by atoms with van der Waals surface area (Å²) in [6, 6.07) is 6.66. The number of likely N-dealkylation sites (N-methyl/N-ethyl adjacent to an activating group) is 1. The Balaban J connectivity index is 1.97. The van der Waals surface area contributed by atoms with Gasteiger partial charge in [-0.3, -0.25) is 4.90 Å². The average Bonchev–Trinajstić information content (AvgIpc) is 2.38. The van der Waals surface area contributed by atoms with Crippen LogP contribution in [-0.2, 0) is 13.0 Å². The molecule has 0 amide bonds. The topological polar surface area (TPSA) is 43.7 Å². The number of hydrogen-bond acceptors (Lipinski definition) is 4. The van der Waals surface area contributed by atoms with E-state index in [2.05, 4.69) is 18.2 Å². The quantitative estimate of drug-likeness (QED) is 0.849. The van der Waals surface area contributed by atoms with E-state index in [1.807, 2.05) is 23.7 Å². The van der Waals surface area contributed by atoms with Crippen LogP contribution in [0.5, 0.6) is 0 Å². The maximum atomic E-state index is 9.40. The van der Waals surface area contributed by atoms with Crippen molar-refractivity contribution < 1.29 is 10.2 Å². The summed E-state index contributed by atoms with van der Waals surface area (Å²) in [6.45, 7) is 1.14. The number of rotatable bonds is 5. The zero-order chi connectivity index (χ0) is 13.0. The Morgan fingerprint density at radius 1 is 1.44 bits per heavy atom. The number of thioether (sulfide) groups is 1. The van der Waals surface area contributed by atoms with Crippen molar-refractivity contribution in [3.8, 4) is 0 Å². The Morgan fingerprint density at radius 2 is 2.28 bits per heavy atom. The Morgan fingerprint density at radius 3 is 3.06 bits per heavy atom. The summed E-state index contributed by atoms with van der Waals surface area (Å²) >= 11 is 1.94. The summed E-state index contributed by atoms with van der Waals surface area (Å²) in [4.78, 5) is 3.46. The maximum absolute atomic E-state index is 9.40. The molecule has 0 spiro atoms. The number of nitrogens with zero attached hydrogens (tertiary/aromatic N) is 1. The van der Waals surface area contributed by atoms with E-state index in [0.717, 1.165) is 6.54 Å². The van der Waals surface area contributed by atoms with Crippen molar-refractivity contribution in [1.29, 1.82) is 0 Å². The van der Waals surface area contributed by atoms with E-state index in [1.54, 1.807) is 0 Å². The highest BCUT2D eigenvalue weighted by Gasteiger charge is 2.12. The molecule has 1 aliphatic heterocycles. The fourth-order valence-electron chi connectivity index (χ4n) is 2.31. The molecule has 0 aromatic heterocycles. The van der Waals surface area contributed by atoms with Crippen LogP contribution in [0.1, 0.15) is 17.5 Å². The third-order valence-corrected chi connectivity index (χ3v) is 4.36. The molecule has 3 nitrogen and oxygen atoms in total. The lowest BCUT2D eigenvalue weighted by Crippen LogP contribution is -2.31. The summed E-state index contributed by atoms with van der Waals surface area (Å²) < 4.78 is 0. The van der Waals surface area contributed by atoms with Gasteiger partial charge in [-0.2, -0.15) is 0 Å². The van der Waals surface area contributed by atoms with Gasteiger partial charge in [0.2, 0.25) is 0 Å². The van der Waals surface area contributed by atoms with Gasteiger partial charge in [0.1, 0.15) is 0 Å². The van der Waals surface area contributed by atoms with Gasteiger partial charge in [-0.05, 0) is 42.8 Å². The number of fused-ring (bicyclic) bond motifs is 1.